The molecule has 0 rings (SSSR count). The van der Waals surface area contributed by atoms with E-state index in [0.717, 1.165) is 0 Å². The number of hydrogen-bond donors (Lipinski definition) is 1. The first-order chi connectivity index (χ1) is 12.3. The molecule has 0 aromatic heterocycles. The topological polar surface area (TPSA) is 133 Å². The first kappa shape index (κ1) is 28.8. The van der Waals surface area contributed by atoms with Crippen LogP contribution in [0.4, 0.5) is 0 Å². The molecule has 11 heteroatoms. The summed E-state index contributed by atoms with van der Waals surface area (Å²) in [7, 11) is -4.58. The van der Waals surface area contributed by atoms with Gasteiger partial charge in [-0.05, 0) is 20.3 Å². The number of hydrogen-bond acceptors (Lipinski definition) is 8. The van der Waals surface area contributed by atoms with Crippen molar-refractivity contribution >= 4 is 51.1 Å². The molecule has 1 N–H and O–H groups in total. The van der Waals surface area contributed by atoms with Gasteiger partial charge in [-0.1, -0.05) is 32.9 Å². The molecule has 0 aliphatic heterocycles. The Bertz CT molecular complexity index is 667. The van der Waals surface area contributed by atoms with Gasteiger partial charge in [-0.2, -0.15) is 8.42 Å². The van der Waals surface area contributed by atoms with E-state index in [0.29, 0.717) is 12.8 Å². The van der Waals surface area contributed by atoms with Gasteiger partial charge in [-0.3, -0.25) is 9.35 Å². The third-order valence-corrected chi connectivity index (χ3v) is 3.85. The summed E-state index contributed by atoms with van der Waals surface area (Å²) >= 11 is 0. The average molecular weight is 433 g/mol. The SMILES string of the molecule is C=C(C)C(=O)OCC(CCCC)(COC(=O)C(=C)C)C(=O)OCS(=O)(=O)O.[MgH2]. The Labute approximate surface area is 181 Å². The fourth-order valence-corrected chi connectivity index (χ4v) is 2.11. The lowest BCUT2D eigenvalue weighted by atomic mass is 9.84. The summed E-state index contributed by atoms with van der Waals surface area (Å²) < 4.78 is 45.3. The van der Waals surface area contributed by atoms with E-state index in [1.165, 1.54) is 13.8 Å². The van der Waals surface area contributed by atoms with Crippen molar-refractivity contribution < 1.29 is 41.6 Å². The molecule has 0 saturated heterocycles. The highest BCUT2D eigenvalue weighted by atomic mass is 32.2. The standard InChI is InChI=1S/C17H26O9S.Mg.2H/c1-6-7-8-17(9-24-14(18)12(2)3,10-25-15(19)13(4)5)16(20)26-11-27(21,22)23;;;/h2,4,6-11H2,1,3,5H3,(H,21,22,23);;;. The molecule has 28 heavy (non-hydrogen) atoms. The average Bonchev–Trinajstić information content (AvgIpc) is 2.57. The first-order valence-electron chi connectivity index (χ1n) is 8.12. The molecule has 158 valence electrons. The van der Waals surface area contributed by atoms with Crippen LogP contribution in [0.3, 0.4) is 0 Å². The van der Waals surface area contributed by atoms with Gasteiger partial charge in [0.15, 0.2) is 0 Å². The van der Waals surface area contributed by atoms with E-state index < -0.39 is 52.6 Å². The molecular formula is C17H28MgO9S. The summed E-state index contributed by atoms with van der Waals surface area (Å²) in [6, 6.07) is 0. The fourth-order valence-electron chi connectivity index (χ4n) is 1.86. The highest BCUT2D eigenvalue weighted by Gasteiger charge is 2.43. The highest BCUT2D eigenvalue weighted by Crippen LogP contribution is 2.29. The lowest BCUT2D eigenvalue weighted by Crippen LogP contribution is -2.43. The third kappa shape index (κ3) is 10.8. The van der Waals surface area contributed by atoms with Crippen molar-refractivity contribution in [3.05, 3.63) is 24.3 Å². The van der Waals surface area contributed by atoms with E-state index >= 15 is 0 Å². The molecule has 0 aliphatic carbocycles. The van der Waals surface area contributed by atoms with Gasteiger partial charge >= 0.3 is 51.1 Å². The second-order valence-corrected chi connectivity index (χ2v) is 7.63. The maximum atomic E-state index is 12.6. The molecule has 0 atom stereocenters. The summed E-state index contributed by atoms with van der Waals surface area (Å²) in [6.45, 7) is 10.5. The molecule has 0 bridgehead atoms. The van der Waals surface area contributed by atoms with Crippen molar-refractivity contribution in [2.24, 2.45) is 5.41 Å². The Hall–Kier alpha value is -1.43. The van der Waals surface area contributed by atoms with Crippen molar-refractivity contribution in [1.82, 2.24) is 0 Å². The molecule has 0 aliphatic rings. The van der Waals surface area contributed by atoms with Crippen molar-refractivity contribution in [2.45, 2.75) is 40.0 Å². The molecule has 9 nitrogen and oxygen atoms in total. The van der Waals surface area contributed by atoms with Crippen LogP contribution in [0.1, 0.15) is 40.0 Å². The minimum atomic E-state index is -4.58. The number of carbonyl (C=O) groups is 3. The quantitative estimate of drug-likeness (QED) is 0.157. The molecule has 0 aromatic carbocycles. The van der Waals surface area contributed by atoms with Gasteiger partial charge in [0.05, 0.1) is 0 Å². The summed E-state index contributed by atoms with van der Waals surface area (Å²) in [5, 5.41) is 0. The largest absolute Gasteiger partial charge is 0.461 e. The number of esters is 3. The van der Waals surface area contributed by atoms with Crippen molar-refractivity contribution in [3.8, 4) is 0 Å². The summed E-state index contributed by atoms with van der Waals surface area (Å²) in [5.74, 6) is -3.91. The maximum absolute atomic E-state index is 12.6. The van der Waals surface area contributed by atoms with Gasteiger partial charge in [0.2, 0.25) is 5.94 Å². The molecule has 0 spiro atoms. The molecule has 0 radical (unpaired) electrons. The lowest BCUT2D eigenvalue weighted by Gasteiger charge is -2.30. The van der Waals surface area contributed by atoms with E-state index in [9.17, 15) is 22.8 Å². The van der Waals surface area contributed by atoms with Crippen LogP contribution in [0.25, 0.3) is 0 Å². The fraction of sp³-hybridized carbons (Fsp3) is 0.588. The van der Waals surface area contributed by atoms with Gasteiger partial charge in [-0.15, -0.1) is 0 Å². The van der Waals surface area contributed by atoms with Crippen LogP contribution < -0.4 is 0 Å². The van der Waals surface area contributed by atoms with Gasteiger partial charge in [-0.25, -0.2) is 9.59 Å². The molecule has 0 heterocycles. The minimum Gasteiger partial charge on any atom is -0.461 e. The molecule has 0 amide bonds. The zero-order chi connectivity index (χ0) is 21.3. The van der Waals surface area contributed by atoms with Crippen molar-refractivity contribution in [3.63, 3.8) is 0 Å². The van der Waals surface area contributed by atoms with E-state index in [2.05, 4.69) is 17.9 Å². The first-order valence-corrected chi connectivity index (χ1v) is 9.73. The van der Waals surface area contributed by atoms with Gasteiger partial charge in [0.1, 0.15) is 18.6 Å². The Kier molecular flexibility index (Phi) is 13.3. The van der Waals surface area contributed by atoms with Crippen molar-refractivity contribution in [1.29, 1.82) is 0 Å². The van der Waals surface area contributed by atoms with Crippen LogP contribution >= 0.6 is 0 Å². The monoisotopic (exact) mass is 432 g/mol. The minimum absolute atomic E-state index is 0. The Morgan fingerprint density at radius 1 is 0.964 bits per heavy atom. The molecule has 0 fully saturated rings. The number of carbonyl (C=O) groups excluding carboxylic acids is 3. The number of ether oxygens (including phenoxy) is 3. The third-order valence-electron chi connectivity index (χ3n) is 3.44. The van der Waals surface area contributed by atoms with Crippen LogP contribution in [0.5, 0.6) is 0 Å². The zero-order valence-electron chi connectivity index (χ0n) is 15.8. The Morgan fingerprint density at radius 2 is 1.39 bits per heavy atom. The van der Waals surface area contributed by atoms with E-state index in [4.69, 9.17) is 14.0 Å². The van der Waals surface area contributed by atoms with Gasteiger partial charge < -0.3 is 14.2 Å². The predicted octanol–water partition coefficient (Wildman–Crippen LogP) is 0.874. The van der Waals surface area contributed by atoms with E-state index in [-0.39, 0.29) is 40.6 Å². The second-order valence-electron chi connectivity index (χ2n) is 6.23. The van der Waals surface area contributed by atoms with Crippen LogP contribution in [0.15, 0.2) is 24.3 Å². The van der Waals surface area contributed by atoms with E-state index in [1.807, 2.05) is 6.92 Å². The Morgan fingerprint density at radius 3 is 1.71 bits per heavy atom. The van der Waals surface area contributed by atoms with Crippen LogP contribution in [-0.4, -0.2) is 73.1 Å². The van der Waals surface area contributed by atoms with Crippen molar-refractivity contribution in [2.75, 3.05) is 19.2 Å². The molecule has 0 aromatic rings. The summed E-state index contributed by atoms with van der Waals surface area (Å²) in [5.41, 5.74) is -1.47. The molecular weight excluding hydrogens is 405 g/mol. The summed E-state index contributed by atoms with van der Waals surface area (Å²) in [4.78, 5) is 36.0. The number of unbranched alkanes of at least 4 members (excludes halogenated alkanes) is 1. The zero-order valence-corrected chi connectivity index (χ0v) is 16.6. The highest BCUT2D eigenvalue weighted by molar-refractivity contribution is 7.85. The maximum Gasteiger partial charge on any atom is 0.333 e. The normalized spacial score (nSPS) is 11.0. The van der Waals surface area contributed by atoms with E-state index in [1.54, 1.807) is 0 Å². The second kappa shape index (κ2) is 12.9. The smallest absolute Gasteiger partial charge is 0.333 e. The van der Waals surface area contributed by atoms with Gasteiger partial charge in [0, 0.05) is 11.1 Å². The van der Waals surface area contributed by atoms with Gasteiger partial charge in [0.25, 0.3) is 0 Å². The predicted molar refractivity (Wildman–Crippen MR) is 105 cm³/mol. The molecule has 0 saturated carbocycles. The Balaban J connectivity index is 0. The van der Waals surface area contributed by atoms with Crippen LogP contribution in [-0.2, 0) is 38.7 Å². The van der Waals surface area contributed by atoms with Crippen LogP contribution in [0.2, 0.25) is 0 Å². The summed E-state index contributed by atoms with van der Waals surface area (Å²) in [6.07, 6.45) is 1.20. The molecule has 0 unspecified atom stereocenters. The lowest BCUT2D eigenvalue weighted by molar-refractivity contribution is -0.169. The van der Waals surface area contributed by atoms with Crippen LogP contribution in [0, 0.1) is 5.41 Å². The number of rotatable bonds is 12.